The van der Waals surface area contributed by atoms with Crippen molar-refractivity contribution >= 4 is 32.0 Å². The van der Waals surface area contributed by atoms with Gasteiger partial charge in [0.1, 0.15) is 11.5 Å². The first-order valence-electron chi connectivity index (χ1n) is 9.96. The molecule has 0 spiro atoms. The molecular formula is C24H21N3O4S. The maximum absolute atomic E-state index is 13.8. The van der Waals surface area contributed by atoms with Crippen LogP contribution in [0, 0.1) is 6.92 Å². The Morgan fingerprint density at radius 2 is 1.72 bits per heavy atom. The molecule has 0 radical (unpaired) electrons. The van der Waals surface area contributed by atoms with E-state index in [4.69, 9.17) is 9.47 Å². The number of pyridine rings is 1. The van der Waals surface area contributed by atoms with Crippen LogP contribution in [0.1, 0.15) is 5.56 Å². The monoisotopic (exact) mass is 447 g/mol. The van der Waals surface area contributed by atoms with Crippen LogP contribution in [-0.4, -0.2) is 36.6 Å². The predicted molar refractivity (Wildman–Crippen MR) is 124 cm³/mol. The molecule has 162 valence electrons. The lowest BCUT2D eigenvalue weighted by Gasteiger charge is -2.12. The Morgan fingerprint density at radius 3 is 2.44 bits per heavy atom. The molecule has 5 rings (SSSR count). The third-order valence-corrected chi connectivity index (χ3v) is 7.28. The van der Waals surface area contributed by atoms with Crippen LogP contribution in [0.25, 0.3) is 33.2 Å². The van der Waals surface area contributed by atoms with Crippen molar-refractivity contribution in [2.24, 2.45) is 0 Å². The molecule has 1 N–H and O–H groups in total. The number of aromatic amines is 1. The zero-order valence-corrected chi connectivity index (χ0v) is 18.6. The highest BCUT2D eigenvalue weighted by atomic mass is 32.2. The maximum atomic E-state index is 13.8. The lowest BCUT2D eigenvalue weighted by atomic mass is 10.1. The number of nitrogens with zero attached hydrogens (tertiary/aromatic N) is 2. The van der Waals surface area contributed by atoms with Crippen molar-refractivity contribution in [3.63, 3.8) is 0 Å². The van der Waals surface area contributed by atoms with Gasteiger partial charge in [-0.3, -0.25) is 0 Å². The minimum atomic E-state index is -3.95. The fourth-order valence-electron chi connectivity index (χ4n) is 3.91. The molecule has 0 saturated heterocycles. The maximum Gasteiger partial charge on any atom is 0.269 e. The van der Waals surface area contributed by atoms with E-state index in [9.17, 15) is 8.42 Å². The molecule has 0 aliphatic rings. The molecule has 7 nitrogen and oxygen atoms in total. The highest BCUT2D eigenvalue weighted by Crippen LogP contribution is 2.38. The van der Waals surface area contributed by atoms with Crippen LogP contribution in [0.4, 0.5) is 0 Å². The summed E-state index contributed by atoms with van der Waals surface area (Å²) in [7, 11) is -0.801. The number of hydrogen-bond donors (Lipinski definition) is 1. The molecule has 0 bridgehead atoms. The van der Waals surface area contributed by atoms with Gasteiger partial charge in [-0.25, -0.2) is 17.4 Å². The molecule has 32 heavy (non-hydrogen) atoms. The molecule has 5 aromatic rings. The average molecular weight is 448 g/mol. The quantitative estimate of drug-likeness (QED) is 0.420. The topological polar surface area (TPSA) is 86.2 Å². The van der Waals surface area contributed by atoms with Crippen LogP contribution in [0.5, 0.6) is 11.5 Å². The fraction of sp³-hybridized carbons (Fsp3) is 0.125. The van der Waals surface area contributed by atoms with E-state index in [1.807, 2.05) is 25.1 Å². The second kappa shape index (κ2) is 7.42. The number of methoxy groups -OCH3 is 2. The van der Waals surface area contributed by atoms with E-state index in [-0.39, 0.29) is 4.90 Å². The van der Waals surface area contributed by atoms with Crippen molar-refractivity contribution in [3.8, 4) is 22.8 Å². The summed E-state index contributed by atoms with van der Waals surface area (Å²) in [5.41, 5.74) is 3.35. The van der Waals surface area contributed by atoms with Crippen molar-refractivity contribution in [1.29, 1.82) is 0 Å². The number of rotatable bonds is 5. The Morgan fingerprint density at radius 1 is 0.938 bits per heavy atom. The van der Waals surface area contributed by atoms with Gasteiger partial charge in [0.15, 0.2) is 5.65 Å². The number of aromatic nitrogens is 3. The van der Waals surface area contributed by atoms with Crippen LogP contribution in [0.15, 0.2) is 71.9 Å². The fourth-order valence-corrected chi connectivity index (χ4v) is 5.39. The van der Waals surface area contributed by atoms with E-state index in [1.54, 1.807) is 63.0 Å². The Hall–Kier alpha value is -3.78. The number of ether oxygens (including phenoxy) is 2. The lowest BCUT2D eigenvalue weighted by molar-refractivity contribution is 0.415. The SMILES string of the molecule is COc1ccc2[nH]cc(-c3cc4c(OC)ccnc4n3S(=O)(=O)c3ccc(C)cc3)c2c1. The number of benzene rings is 2. The van der Waals surface area contributed by atoms with Crippen molar-refractivity contribution < 1.29 is 17.9 Å². The van der Waals surface area contributed by atoms with Gasteiger partial charge in [0.05, 0.1) is 30.2 Å². The number of hydrogen-bond acceptors (Lipinski definition) is 5. The van der Waals surface area contributed by atoms with Gasteiger partial charge in [0.25, 0.3) is 10.0 Å². The molecule has 0 saturated carbocycles. The molecule has 0 fully saturated rings. The molecule has 2 aromatic carbocycles. The summed E-state index contributed by atoms with van der Waals surface area (Å²) in [6.07, 6.45) is 3.34. The standard InChI is InChI=1S/C24H21N3O4S/c1-15-4-7-17(8-5-15)32(28,29)27-22(13-19-23(31-3)10-11-25-24(19)27)20-14-26-21-9-6-16(30-2)12-18(20)21/h4-14,26H,1-3H3. The second-order valence-electron chi connectivity index (χ2n) is 7.48. The second-order valence-corrected chi connectivity index (χ2v) is 9.26. The Labute approximate surface area is 185 Å². The largest absolute Gasteiger partial charge is 0.497 e. The third-order valence-electron chi connectivity index (χ3n) is 5.57. The number of H-pyrrole nitrogens is 1. The van der Waals surface area contributed by atoms with Gasteiger partial charge in [0, 0.05) is 28.9 Å². The van der Waals surface area contributed by atoms with Crippen molar-refractivity contribution in [3.05, 3.63) is 72.6 Å². The predicted octanol–water partition coefficient (Wildman–Crippen LogP) is 4.75. The van der Waals surface area contributed by atoms with Crippen molar-refractivity contribution in [1.82, 2.24) is 13.9 Å². The zero-order chi connectivity index (χ0) is 22.5. The summed E-state index contributed by atoms with van der Waals surface area (Å²) in [5, 5.41) is 1.45. The van der Waals surface area contributed by atoms with Gasteiger partial charge < -0.3 is 14.5 Å². The first-order chi connectivity index (χ1) is 15.4. The minimum Gasteiger partial charge on any atom is -0.497 e. The molecule has 0 amide bonds. The van der Waals surface area contributed by atoms with Gasteiger partial charge in [-0.15, -0.1) is 0 Å². The molecule has 8 heteroatoms. The highest BCUT2D eigenvalue weighted by molar-refractivity contribution is 7.90. The Balaban J connectivity index is 1.87. The van der Waals surface area contributed by atoms with E-state index >= 15 is 0 Å². The van der Waals surface area contributed by atoms with Crippen LogP contribution in [0.2, 0.25) is 0 Å². The summed E-state index contributed by atoms with van der Waals surface area (Å²) >= 11 is 0. The number of aryl methyl sites for hydroxylation is 1. The van der Waals surface area contributed by atoms with Crippen LogP contribution in [-0.2, 0) is 10.0 Å². The smallest absolute Gasteiger partial charge is 0.269 e. The van der Waals surface area contributed by atoms with Gasteiger partial charge in [0.2, 0.25) is 0 Å². The number of nitrogens with one attached hydrogen (secondary N) is 1. The van der Waals surface area contributed by atoms with E-state index in [2.05, 4.69) is 9.97 Å². The van der Waals surface area contributed by atoms with E-state index in [0.717, 1.165) is 22.0 Å². The zero-order valence-electron chi connectivity index (χ0n) is 17.8. The van der Waals surface area contributed by atoms with Crippen LogP contribution < -0.4 is 9.47 Å². The normalized spacial score (nSPS) is 11.8. The van der Waals surface area contributed by atoms with Gasteiger partial charge in [-0.1, -0.05) is 17.7 Å². The first kappa shape index (κ1) is 20.1. The summed E-state index contributed by atoms with van der Waals surface area (Å²) < 4.78 is 39.9. The molecule has 0 unspecified atom stereocenters. The van der Waals surface area contributed by atoms with Crippen molar-refractivity contribution in [2.45, 2.75) is 11.8 Å². The Bertz CT molecular complexity index is 1560. The van der Waals surface area contributed by atoms with E-state index in [1.165, 1.54) is 3.97 Å². The Kier molecular flexibility index (Phi) is 4.67. The van der Waals surface area contributed by atoms with E-state index < -0.39 is 10.0 Å². The molecule has 3 heterocycles. The van der Waals surface area contributed by atoms with Gasteiger partial charge >= 0.3 is 0 Å². The molecule has 0 aliphatic carbocycles. The van der Waals surface area contributed by atoms with Gasteiger partial charge in [-0.2, -0.15) is 0 Å². The molecule has 0 atom stereocenters. The summed E-state index contributed by atoms with van der Waals surface area (Å²) in [5.74, 6) is 1.23. The van der Waals surface area contributed by atoms with Crippen LogP contribution in [0.3, 0.4) is 0 Å². The average Bonchev–Trinajstić information content (AvgIpc) is 3.40. The van der Waals surface area contributed by atoms with Gasteiger partial charge in [-0.05, 0) is 49.4 Å². The van der Waals surface area contributed by atoms with Crippen LogP contribution >= 0.6 is 0 Å². The minimum absolute atomic E-state index is 0.184. The summed E-state index contributed by atoms with van der Waals surface area (Å²) in [6, 6.07) is 15.9. The highest BCUT2D eigenvalue weighted by Gasteiger charge is 2.27. The first-order valence-corrected chi connectivity index (χ1v) is 11.4. The van der Waals surface area contributed by atoms with E-state index in [0.29, 0.717) is 28.2 Å². The summed E-state index contributed by atoms with van der Waals surface area (Å²) in [6.45, 7) is 1.92. The molecule has 3 aromatic heterocycles. The number of fused-ring (bicyclic) bond motifs is 2. The molecule has 0 aliphatic heterocycles. The summed E-state index contributed by atoms with van der Waals surface area (Å²) in [4.78, 5) is 7.82. The molecular weight excluding hydrogens is 426 g/mol. The lowest BCUT2D eigenvalue weighted by Crippen LogP contribution is -2.14. The third kappa shape index (κ3) is 3.03. The van der Waals surface area contributed by atoms with Crippen molar-refractivity contribution in [2.75, 3.05) is 14.2 Å².